The fourth-order valence-electron chi connectivity index (χ4n) is 1.64. The number of aromatic nitrogens is 2. The van der Waals surface area contributed by atoms with Gasteiger partial charge in [0.05, 0.1) is 17.4 Å². The van der Waals surface area contributed by atoms with E-state index < -0.39 is 6.36 Å². The Morgan fingerprint density at radius 2 is 2.10 bits per heavy atom. The number of halogens is 4. The number of benzene rings is 1. The summed E-state index contributed by atoms with van der Waals surface area (Å²) < 4.78 is 41.7. The summed E-state index contributed by atoms with van der Waals surface area (Å²) in [4.78, 5) is 0. The predicted octanol–water partition coefficient (Wildman–Crippen LogP) is 4.24. The van der Waals surface area contributed by atoms with Crippen LogP contribution in [0.5, 0.6) is 5.75 Å². The van der Waals surface area contributed by atoms with Crippen LogP contribution in [0, 0.1) is 0 Å². The molecule has 1 aromatic heterocycles. The van der Waals surface area contributed by atoms with Crippen LogP contribution in [0.25, 0.3) is 0 Å². The summed E-state index contributed by atoms with van der Waals surface area (Å²) in [6, 6.07) is 5.90. The Hall–Kier alpha value is -1.70. The van der Waals surface area contributed by atoms with E-state index in [0.29, 0.717) is 4.47 Å². The Morgan fingerprint density at radius 1 is 1.35 bits per heavy atom. The van der Waals surface area contributed by atoms with Crippen molar-refractivity contribution in [3.8, 4) is 5.75 Å². The molecule has 108 valence electrons. The molecule has 0 amide bonds. The third-order valence-corrected chi connectivity index (χ3v) is 3.02. The number of hydrogen-bond acceptors (Lipinski definition) is 3. The van der Waals surface area contributed by atoms with E-state index in [1.54, 1.807) is 25.3 Å². The van der Waals surface area contributed by atoms with Gasteiger partial charge in [0.2, 0.25) is 0 Å². The number of nitrogens with one attached hydrogen (secondary N) is 2. The lowest BCUT2D eigenvalue weighted by Crippen LogP contribution is -2.18. The monoisotopic (exact) mass is 349 g/mol. The van der Waals surface area contributed by atoms with Crippen molar-refractivity contribution in [2.24, 2.45) is 0 Å². The summed E-state index contributed by atoms with van der Waals surface area (Å²) in [6.45, 7) is 1.80. The average molecular weight is 350 g/mol. The number of nitrogens with zero attached hydrogens (tertiary/aromatic N) is 1. The van der Waals surface area contributed by atoms with Gasteiger partial charge in [-0.2, -0.15) is 5.10 Å². The third kappa shape index (κ3) is 3.89. The van der Waals surface area contributed by atoms with Crippen LogP contribution in [0.4, 0.5) is 18.9 Å². The van der Waals surface area contributed by atoms with Crippen molar-refractivity contribution in [1.82, 2.24) is 10.2 Å². The first kappa shape index (κ1) is 14.7. The number of hydrogen-bond donors (Lipinski definition) is 2. The third-order valence-electron chi connectivity index (χ3n) is 2.53. The fourth-order valence-corrected chi connectivity index (χ4v) is 1.98. The molecule has 0 aliphatic carbocycles. The summed E-state index contributed by atoms with van der Waals surface area (Å²) in [6.07, 6.45) is -3.17. The molecule has 2 N–H and O–H groups in total. The standard InChI is InChI=1S/C12H11BrF3N3O/c1-7(9-4-5-17-19-9)18-10-3-2-8(13)6-11(10)20-12(14,15)16/h2-7,18H,1H3,(H,17,19). The van der Waals surface area contributed by atoms with Crippen molar-refractivity contribution in [3.63, 3.8) is 0 Å². The van der Waals surface area contributed by atoms with Crippen LogP contribution in [-0.4, -0.2) is 16.6 Å². The van der Waals surface area contributed by atoms with Crippen LogP contribution >= 0.6 is 15.9 Å². The largest absolute Gasteiger partial charge is 0.573 e. The van der Waals surface area contributed by atoms with Gasteiger partial charge in [-0.25, -0.2) is 0 Å². The van der Waals surface area contributed by atoms with Crippen molar-refractivity contribution < 1.29 is 17.9 Å². The Bertz CT molecular complexity index is 572. The van der Waals surface area contributed by atoms with Gasteiger partial charge in [0.1, 0.15) is 0 Å². The molecule has 0 aliphatic heterocycles. The fraction of sp³-hybridized carbons (Fsp3) is 0.250. The molecule has 1 heterocycles. The molecule has 2 aromatic rings. The molecule has 0 spiro atoms. The molecule has 0 bridgehead atoms. The molecular formula is C12H11BrF3N3O. The van der Waals surface area contributed by atoms with Crippen molar-refractivity contribution in [3.05, 3.63) is 40.6 Å². The lowest BCUT2D eigenvalue weighted by Gasteiger charge is -2.18. The van der Waals surface area contributed by atoms with Gasteiger partial charge in [0.15, 0.2) is 5.75 Å². The van der Waals surface area contributed by atoms with Crippen molar-refractivity contribution in [1.29, 1.82) is 0 Å². The highest BCUT2D eigenvalue weighted by Crippen LogP contribution is 2.34. The molecule has 0 radical (unpaired) electrons. The minimum atomic E-state index is -4.74. The van der Waals surface area contributed by atoms with Crippen molar-refractivity contribution in [2.75, 3.05) is 5.32 Å². The molecule has 0 aliphatic rings. The van der Waals surface area contributed by atoms with Crippen LogP contribution in [0.3, 0.4) is 0 Å². The molecule has 8 heteroatoms. The van der Waals surface area contributed by atoms with Crippen LogP contribution in [-0.2, 0) is 0 Å². The molecule has 1 atom stereocenters. The van der Waals surface area contributed by atoms with Gasteiger partial charge in [0, 0.05) is 10.7 Å². The van der Waals surface area contributed by atoms with Crippen LogP contribution < -0.4 is 10.1 Å². The molecule has 0 saturated heterocycles. The summed E-state index contributed by atoms with van der Waals surface area (Å²) in [5.74, 6) is -0.293. The molecule has 2 rings (SSSR count). The number of aromatic amines is 1. The average Bonchev–Trinajstić information content (AvgIpc) is 2.84. The van der Waals surface area contributed by atoms with Gasteiger partial charge in [0.25, 0.3) is 0 Å². The zero-order chi connectivity index (χ0) is 14.8. The van der Waals surface area contributed by atoms with E-state index in [1.165, 1.54) is 12.1 Å². The molecule has 4 nitrogen and oxygen atoms in total. The Balaban J connectivity index is 2.22. The van der Waals surface area contributed by atoms with E-state index in [1.807, 2.05) is 0 Å². The number of alkyl halides is 3. The second kappa shape index (κ2) is 5.74. The molecule has 0 fully saturated rings. The first-order chi connectivity index (χ1) is 9.35. The quantitative estimate of drug-likeness (QED) is 0.867. The zero-order valence-electron chi connectivity index (χ0n) is 10.3. The molecule has 20 heavy (non-hydrogen) atoms. The maximum atomic E-state index is 12.4. The SMILES string of the molecule is CC(Nc1ccc(Br)cc1OC(F)(F)F)c1ccn[nH]1. The topological polar surface area (TPSA) is 49.9 Å². The lowest BCUT2D eigenvalue weighted by molar-refractivity contribution is -0.274. The van der Waals surface area contributed by atoms with E-state index in [2.05, 4.69) is 36.2 Å². The van der Waals surface area contributed by atoms with Crippen molar-refractivity contribution >= 4 is 21.6 Å². The second-order valence-electron chi connectivity index (χ2n) is 4.07. The minimum Gasteiger partial charge on any atom is -0.404 e. The van der Waals surface area contributed by atoms with E-state index in [0.717, 1.165) is 5.69 Å². The lowest BCUT2D eigenvalue weighted by atomic mass is 10.2. The van der Waals surface area contributed by atoms with Gasteiger partial charge >= 0.3 is 6.36 Å². The normalized spacial score (nSPS) is 13.1. The van der Waals surface area contributed by atoms with Crippen molar-refractivity contribution in [2.45, 2.75) is 19.3 Å². The van der Waals surface area contributed by atoms with E-state index >= 15 is 0 Å². The Kier molecular flexibility index (Phi) is 4.22. The van der Waals surface area contributed by atoms with Gasteiger partial charge in [-0.3, -0.25) is 5.10 Å². The minimum absolute atomic E-state index is 0.241. The molecule has 1 unspecified atom stereocenters. The second-order valence-corrected chi connectivity index (χ2v) is 4.98. The number of anilines is 1. The summed E-state index contributed by atoms with van der Waals surface area (Å²) >= 11 is 3.12. The highest BCUT2D eigenvalue weighted by molar-refractivity contribution is 9.10. The molecular weight excluding hydrogens is 339 g/mol. The number of ether oxygens (including phenoxy) is 1. The zero-order valence-corrected chi connectivity index (χ0v) is 11.9. The van der Waals surface area contributed by atoms with E-state index in [-0.39, 0.29) is 17.5 Å². The number of H-pyrrole nitrogens is 1. The maximum absolute atomic E-state index is 12.4. The Labute approximate surface area is 121 Å². The number of rotatable bonds is 4. The van der Waals surface area contributed by atoms with Gasteiger partial charge in [-0.1, -0.05) is 15.9 Å². The summed E-state index contributed by atoms with van der Waals surface area (Å²) in [5, 5.41) is 9.49. The first-order valence-corrected chi connectivity index (χ1v) is 6.45. The van der Waals surface area contributed by atoms with Crippen LogP contribution in [0.15, 0.2) is 34.9 Å². The van der Waals surface area contributed by atoms with Crippen LogP contribution in [0.1, 0.15) is 18.7 Å². The predicted molar refractivity (Wildman–Crippen MR) is 71.5 cm³/mol. The maximum Gasteiger partial charge on any atom is 0.573 e. The summed E-state index contributed by atoms with van der Waals surface area (Å²) in [7, 11) is 0. The van der Waals surface area contributed by atoms with E-state index in [4.69, 9.17) is 0 Å². The van der Waals surface area contributed by atoms with Crippen LogP contribution in [0.2, 0.25) is 0 Å². The molecule has 0 saturated carbocycles. The Morgan fingerprint density at radius 3 is 2.70 bits per heavy atom. The highest BCUT2D eigenvalue weighted by atomic mass is 79.9. The summed E-state index contributed by atoms with van der Waals surface area (Å²) in [5.41, 5.74) is 0.999. The first-order valence-electron chi connectivity index (χ1n) is 5.66. The van der Waals surface area contributed by atoms with E-state index in [9.17, 15) is 13.2 Å². The molecule has 1 aromatic carbocycles. The highest BCUT2D eigenvalue weighted by Gasteiger charge is 2.32. The smallest absolute Gasteiger partial charge is 0.404 e. The van der Waals surface area contributed by atoms with Gasteiger partial charge < -0.3 is 10.1 Å². The van der Waals surface area contributed by atoms with Gasteiger partial charge in [-0.05, 0) is 31.2 Å². The van der Waals surface area contributed by atoms with Gasteiger partial charge in [-0.15, -0.1) is 13.2 Å².